The molecule has 0 aliphatic heterocycles. The van der Waals surface area contributed by atoms with Crippen molar-refractivity contribution in [2.75, 3.05) is 0 Å². The molecule has 116 valence electrons. The first-order valence-electron chi connectivity index (χ1n) is 7.45. The van der Waals surface area contributed by atoms with Crippen molar-refractivity contribution in [1.29, 1.82) is 0 Å². The largest absolute Gasteiger partial charge is 0.465 e. The lowest BCUT2D eigenvalue weighted by atomic mass is 9.93. The molecule has 0 radical (unpaired) electrons. The van der Waals surface area contributed by atoms with Gasteiger partial charge in [0.1, 0.15) is 17.3 Å². The average Bonchev–Trinajstić information content (AvgIpc) is 3.02. The molecule has 2 aromatic rings. The second-order valence-corrected chi connectivity index (χ2v) is 5.75. The highest BCUT2D eigenvalue weighted by Gasteiger charge is 2.31. The number of carbonyl (C=O) groups excluding carboxylic acids is 2. The number of furan rings is 1. The summed E-state index contributed by atoms with van der Waals surface area (Å²) in [6.45, 7) is 5.47. The predicted molar refractivity (Wildman–Crippen MR) is 79.9 cm³/mol. The Morgan fingerprint density at radius 1 is 1.41 bits per heavy atom. The summed E-state index contributed by atoms with van der Waals surface area (Å²) >= 11 is 0. The Kier molecular flexibility index (Phi) is 3.60. The summed E-state index contributed by atoms with van der Waals surface area (Å²) in [6, 6.07) is -0.273. The summed E-state index contributed by atoms with van der Waals surface area (Å²) in [5, 5.41) is 2.88. The van der Waals surface area contributed by atoms with E-state index in [1.165, 1.54) is 0 Å². The van der Waals surface area contributed by atoms with E-state index >= 15 is 0 Å². The van der Waals surface area contributed by atoms with Crippen LogP contribution < -0.4 is 5.32 Å². The summed E-state index contributed by atoms with van der Waals surface area (Å²) in [5.41, 5.74) is 1.77. The van der Waals surface area contributed by atoms with Crippen molar-refractivity contribution in [2.24, 2.45) is 0 Å². The van der Waals surface area contributed by atoms with Gasteiger partial charge in [-0.1, -0.05) is 0 Å². The maximum Gasteiger partial charge on any atom is 0.256 e. The Labute approximate surface area is 128 Å². The molecule has 2 aromatic heterocycles. The van der Waals surface area contributed by atoms with Gasteiger partial charge >= 0.3 is 0 Å². The van der Waals surface area contributed by atoms with Crippen molar-refractivity contribution in [2.45, 2.75) is 46.1 Å². The van der Waals surface area contributed by atoms with Crippen LogP contribution in [0.5, 0.6) is 0 Å². The van der Waals surface area contributed by atoms with Crippen molar-refractivity contribution >= 4 is 11.7 Å². The minimum Gasteiger partial charge on any atom is -0.465 e. The average molecular weight is 301 g/mol. The van der Waals surface area contributed by atoms with Gasteiger partial charge in [0.25, 0.3) is 5.91 Å². The lowest BCUT2D eigenvalue weighted by Gasteiger charge is -2.13. The van der Waals surface area contributed by atoms with Crippen LogP contribution in [0.3, 0.4) is 0 Å². The molecule has 6 nitrogen and oxygen atoms in total. The van der Waals surface area contributed by atoms with Crippen LogP contribution in [0.2, 0.25) is 0 Å². The number of nitrogens with one attached hydrogen (secondary N) is 2. The van der Waals surface area contributed by atoms with Gasteiger partial charge in [0, 0.05) is 24.7 Å². The van der Waals surface area contributed by atoms with Gasteiger partial charge in [-0.15, -0.1) is 0 Å². The Bertz CT molecular complexity index is 742. The van der Waals surface area contributed by atoms with Crippen LogP contribution in [-0.2, 0) is 6.42 Å². The minimum atomic E-state index is -0.292. The molecule has 2 N–H and O–H groups in total. The third-order valence-corrected chi connectivity index (χ3v) is 3.95. The first-order chi connectivity index (χ1) is 10.5. The minimum absolute atomic E-state index is 0.00949. The summed E-state index contributed by atoms with van der Waals surface area (Å²) in [7, 11) is 0. The van der Waals surface area contributed by atoms with Crippen LogP contribution in [0.15, 0.2) is 10.6 Å². The van der Waals surface area contributed by atoms with Crippen LogP contribution >= 0.6 is 0 Å². The number of imidazole rings is 1. The van der Waals surface area contributed by atoms with Gasteiger partial charge in [-0.25, -0.2) is 4.98 Å². The van der Waals surface area contributed by atoms with Gasteiger partial charge in [0.15, 0.2) is 5.78 Å². The van der Waals surface area contributed by atoms with Gasteiger partial charge in [-0.3, -0.25) is 9.59 Å². The zero-order chi connectivity index (χ0) is 15.9. The Balaban J connectivity index is 1.87. The molecule has 2 heterocycles. The number of rotatable bonds is 3. The summed E-state index contributed by atoms with van der Waals surface area (Å²) in [6.07, 6.45) is 3.68. The number of fused-ring (bicyclic) bond motifs is 1. The van der Waals surface area contributed by atoms with Gasteiger partial charge in [0.2, 0.25) is 0 Å². The zero-order valence-electron chi connectivity index (χ0n) is 12.9. The quantitative estimate of drug-likeness (QED) is 0.912. The Morgan fingerprint density at radius 3 is 2.86 bits per heavy atom. The molecule has 1 aliphatic carbocycles. The molecule has 3 rings (SSSR count). The maximum atomic E-state index is 12.6. The van der Waals surface area contributed by atoms with Crippen LogP contribution in [0, 0.1) is 13.8 Å². The zero-order valence-corrected chi connectivity index (χ0v) is 12.9. The highest BCUT2D eigenvalue weighted by molar-refractivity contribution is 6.10. The van der Waals surface area contributed by atoms with Crippen molar-refractivity contribution in [3.05, 3.63) is 40.4 Å². The SMILES string of the molecule is Cc1cnc([C@@H](C)NC(=O)c2c(C)oc3c2C(=O)CCC3)[nH]1. The normalized spacial score (nSPS) is 15.5. The number of aryl methyl sites for hydroxylation is 3. The Hall–Kier alpha value is -2.37. The molecule has 0 unspecified atom stereocenters. The molecule has 0 spiro atoms. The highest BCUT2D eigenvalue weighted by Crippen LogP contribution is 2.29. The predicted octanol–water partition coefficient (Wildman–Crippen LogP) is 2.63. The van der Waals surface area contributed by atoms with Crippen molar-refractivity contribution in [3.8, 4) is 0 Å². The highest BCUT2D eigenvalue weighted by atomic mass is 16.3. The topological polar surface area (TPSA) is 88.0 Å². The van der Waals surface area contributed by atoms with Gasteiger partial charge < -0.3 is 14.7 Å². The van der Waals surface area contributed by atoms with Crippen LogP contribution in [-0.4, -0.2) is 21.7 Å². The molecule has 0 saturated carbocycles. The van der Waals surface area contributed by atoms with E-state index in [-0.39, 0.29) is 17.7 Å². The van der Waals surface area contributed by atoms with E-state index in [1.807, 2.05) is 13.8 Å². The molecule has 1 aliphatic rings. The van der Waals surface area contributed by atoms with E-state index in [9.17, 15) is 9.59 Å². The smallest absolute Gasteiger partial charge is 0.256 e. The van der Waals surface area contributed by atoms with E-state index < -0.39 is 0 Å². The summed E-state index contributed by atoms with van der Waals surface area (Å²) < 4.78 is 5.61. The standard InChI is InChI=1S/C16H19N3O3/c1-8-7-17-15(18-8)9(2)19-16(21)13-10(3)22-12-6-4-5-11(20)14(12)13/h7,9H,4-6H2,1-3H3,(H,17,18)(H,19,21)/t9-/m1/s1. The molecule has 0 saturated heterocycles. The van der Waals surface area contributed by atoms with Crippen molar-refractivity contribution in [1.82, 2.24) is 15.3 Å². The van der Waals surface area contributed by atoms with E-state index in [1.54, 1.807) is 13.1 Å². The Morgan fingerprint density at radius 2 is 2.18 bits per heavy atom. The number of nitrogens with zero attached hydrogens (tertiary/aromatic N) is 1. The number of aromatic amines is 1. The number of Topliss-reactive ketones (excluding diaryl/α,β-unsaturated/α-hetero) is 1. The lowest BCUT2D eigenvalue weighted by Crippen LogP contribution is -2.29. The number of amides is 1. The number of ketones is 1. The van der Waals surface area contributed by atoms with Crippen LogP contribution in [0.25, 0.3) is 0 Å². The van der Waals surface area contributed by atoms with E-state index in [0.717, 1.165) is 12.1 Å². The number of H-pyrrole nitrogens is 1. The molecule has 1 amide bonds. The van der Waals surface area contributed by atoms with E-state index in [0.29, 0.717) is 41.3 Å². The molecule has 0 fully saturated rings. The van der Waals surface area contributed by atoms with E-state index in [2.05, 4.69) is 15.3 Å². The van der Waals surface area contributed by atoms with Gasteiger partial charge in [-0.2, -0.15) is 0 Å². The molecule has 6 heteroatoms. The second kappa shape index (κ2) is 5.44. The molecule has 22 heavy (non-hydrogen) atoms. The summed E-state index contributed by atoms with van der Waals surface area (Å²) in [5.74, 6) is 1.53. The maximum absolute atomic E-state index is 12.6. The molecular weight excluding hydrogens is 282 g/mol. The number of carbonyl (C=O) groups is 2. The molecular formula is C16H19N3O3. The fraction of sp³-hybridized carbons (Fsp3) is 0.438. The van der Waals surface area contributed by atoms with Crippen LogP contribution in [0.4, 0.5) is 0 Å². The number of aromatic nitrogens is 2. The molecule has 0 bridgehead atoms. The number of hydrogen-bond acceptors (Lipinski definition) is 4. The lowest BCUT2D eigenvalue weighted by molar-refractivity contribution is 0.0917. The molecule has 0 aromatic carbocycles. The third-order valence-electron chi connectivity index (χ3n) is 3.95. The van der Waals surface area contributed by atoms with Crippen molar-refractivity contribution in [3.63, 3.8) is 0 Å². The second-order valence-electron chi connectivity index (χ2n) is 5.75. The first-order valence-corrected chi connectivity index (χ1v) is 7.45. The number of hydrogen-bond donors (Lipinski definition) is 2. The van der Waals surface area contributed by atoms with Gasteiger partial charge in [-0.05, 0) is 27.2 Å². The van der Waals surface area contributed by atoms with Crippen molar-refractivity contribution < 1.29 is 14.0 Å². The monoisotopic (exact) mass is 301 g/mol. The van der Waals surface area contributed by atoms with Crippen LogP contribution in [0.1, 0.15) is 69.6 Å². The molecule has 1 atom stereocenters. The van der Waals surface area contributed by atoms with Gasteiger partial charge in [0.05, 0.1) is 17.2 Å². The first kappa shape index (κ1) is 14.6. The van der Waals surface area contributed by atoms with E-state index in [4.69, 9.17) is 4.42 Å². The third kappa shape index (κ3) is 2.45. The fourth-order valence-electron chi connectivity index (χ4n) is 2.87. The summed E-state index contributed by atoms with van der Waals surface area (Å²) in [4.78, 5) is 32.0. The fourth-order valence-corrected chi connectivity index (χ4v) is 2.87.